The third-order valence-electron chi connectivity index (χ3n) is 11.3. The molecule has 3 aromatic heterocycles. The summed E-state index contributed by atoms with van der Waals surface area (Å²) < 4.78 is 22.7. The van der Waals surface area contributed by atoms with Crippen LogP contribution in [0.15, 0.2) is 149 Å². The number of para-hydroxylation sites is 2. The molecule has 4 aliphatic heterocycles. The molecule has 0 radical (unpaired) electrons. The van der Waals surface area contributed by atoms with Gasteiger partial charge in [-0.3, -0.25) is 0 Å². The molecule has 0 N–H and O–H groups in total. The number of ether oxygens (including phenoxy) is 2. The Morgan fingerprint density at radius 1 is 0.472 bits per heavy atom. The minimum atomic E-state index is -0.00926. The first kappa shape index (κ1) is 28.4. The number of hydrogen-bond donors (Lipinski definition) is 0. The molecule has 4 aliphatic rings. The molecule has 6 aromatic carbocycles. The van der Waals surface area contributed by atoms with Crippen LogP contribution in [0, 0.1) is 0 Å². The third-order valence-corrected chi connectivity index (χ3v) is 13.3. The molecule has 7 heterocycles. The average Bonchev–Trinajstić information content (AvgIpc) is 3.96. The van der Waals surface area contributed by atoms with E-state index in [4.69, 9.17) is 13.9 Å². The third kappa shape index (κ3) is 3.72. The topological polar surface area (TPSA) is 38.1 Å². The minimum absolute atomic E-state index is 0.00926. The van der Waals surface area contributed by atoms with Crippen LogP contribution >= 0.6 is 22.7 Å². The summed E-state index contributed by atoms with van der Waals surface area (Å²) in [5, 5.41) is 7.74. The molecule has 0 atom stereocenters. The van der Waals surface area contributed by atoms with Crippen LogP contribution in [0.2, 0.25) is 0 Å². The number of furan rings is 1. The van der Waals surface area contributed by atoms with Crippen molar-refractivity contribution in [2.75, 3.05) is 9.80 Å². The van der Waals surface area contributed by atoms with E-state index >= 15 is 0 Å². The van der Waals surface area contributed by atoms with Crippen molar-refractivity contribution in [1.29, 1.82) is 0 Å². The van der Waals surface area contributed by atoms with Gasteiger partial charge in [-0.25, -0.2) is 0 Å². The Hall–Kier alpha value is -6.15. The zero-order valence-corrected chi connectivity index (χ0v) is 29.6. The van der Waals surface area contributed by atoms with Gasteiger partial charge in [-0.05, 0) is 117 Å². The first-order chi connectivity index (χ1) is 26.3. The van der Waals surface area contributed by atoms with Crippen molar-refractivity contribution in [2.24, 2.45) is 0 Å². The van der Waals surface area contributed by atoms with Gasteiger partial charge in [-0.1, -0.05) is 54.6 Å². The summed E-state index contributed by atoms with van der Waals surface area (Å²) in [6, 6.07) is 47.6. The summed E-state index contributed by atoms with van der Waals surface area (Å²) in [6.07, 6.45) is 0. The molecule has 0 fully saturated rings. The van der Waals surface area contributed by atoms with Crippen LogP contribution in [-0.2, 0) is 0 Å². The van der Waals surface area contributed by atoms with Crippen molar-refractivity contribution in [3.05, 3.63) is 144 Å². The average molecular weight is 714 g/mol. The first-order valence-electron chi connectivity index (χ1n) is 17.8. The standard InChI is InChI=1S/C44H24B2N2O3S2/c1-3-9-27(10-4-1)47-31-13-7-15-35-40(31)45(42-33(47)17-19-52-42)30-22-25-21-29-37(23-26(25)24-38(30)49-35)51-44-39(29)46-41-32(14-8-16-36(41)50-44)48(28-11-5-2-6-12-28)34-18-20-53-43(34)46/h1-24H. The molecule has 9 aromatic rings. The lowest BCUT2D eigenvalue weighted by atomic mass is 9.36. The first-order valence-corrected chi connectivity index (χ1v) is 19.6. The Morgan fingerprint density at radius 3 is 1.75 bits per heavy atom. The number of nitrogens with zero attached hydrogens (tertiary/aromatic N) is 2. The van der Waals surface area contributed by atoms with Gasteiger partial charge in [0, 0.05) is 43.2 Å². The number of hydrogen-bond acceptors (Lipinski definition) is 7. The van der Waals surface area contributed by atoms with Crippen LogP contribution in [0.3, 0.4) is 0 Å². The van der Waals surface area contributed by atoms with E-state index in [-0.39, 0.29) is 13.4 Å². The second kappa shape index (κ2) is 10.3. The van der Waals surface area contributed by atoms with Crippen LogP contribution in [0.1, 0.15) is 0 Å². The van der Waals surface area contributed by atoms with Gasteiger partial charge >= 0.3 is 0 Å². The molecule has 0 spiro atoms. The Bertz CT molecular complexity index is 3000. The normalized spacial score (nSPS) is 14.2. The second-order valence-electron chi connectivity index (χ2n) is 14.0. The van der Waals surface area contributed by atoms with Gasteiger partial charge in [-0.15, -0.1) is 0 Å². The maximum Gasteiger partial charge on any atom is 0.285 e. The van der Waals surface area contributed by atoms with Crippen molar-refractivity contribution in [1.82, 2.24) is 0 Å². The zero-order valence-electron chi connectivity index (χ0n) is 27.9. The zero-order chi connectivity index (χ0) is 34.4. The molecule has 0 saturated carbocycles. The van der Waals surface area contributed by atoms with Gasteiger partial charge in [0.2, 0.25) is 0 Å². The van der Waals surface area contributed by atoms with E-state index in [0.29, 0.717) is 5.95 Å². The molecule has 0 bridgehead atoms. The fraction of sp³-hybridized carbons (Fsp3) is 0. The molecule has 0 amide bonds. The van der Waals surface area contributed by atoms with Gasteiger partial charge in [0.25, 0.3) is 19.4 Å². The molecule has 9 heteroatoms. The predicted molar refractivity (Wildman–Crippen MR) is 221 cm³/mol. The predicted octanol–water partition coefficient (Wildman–Crippen LogP) is 8.52. The van der Waals surface area contributed by atoms with E-state index in [0.717, 1.165) is 67.2 Å². The highest BCUT2D eigenvalue weighted by atomic mass is 32.1. The summed E-state index contributed by atoms with van der Waals surface area (Å²) >= 11 is 3.62. The van der Waals surface area contributed by atoms with E-state index in [1.165, 1.54) is 37.3 Å². The number of anilines is 6. The lowest BCUT2D eigenvalue weighted by Crippen LogP contribution is -2.58. The van der Waals surface area contributed by atoms with Crippen molar-refractivity contribution in [2.45, 2.75) is 0 Å². The van der Waals surface area contributed by atoms with E-state index < -0.39 is 0 Å². The quantitative estimate of drug-likeness (QED) is 0.168. The summed E-state index contributed by atoms with van der Waals surface area (Å²) in [7, 11) is 0. The van der Waals surface area contributed by atoms with Crippen molar-refractivity contribution >= 4 is 123 Å². The smallest absolute Gasteiger partial charge is 0.285 e. The number of thiophene rings is 2. The molecule has 0 aliphatic carbocycles. The molecule has 53 heavy (non-hydrogen) atoms. The Labute approximate surface area is 313 Å². The van der Waals surface area contributed by atoms with E-state index in [2.05, 4.69) is 154 Å². The van der Waals surface area contributed by atoms with E-state index in [9.17, 15) is 0 Å². The van der Waals surface area contributed by atoms with Gasteiger partial charge in [0.05, 0.1) is 11.4 Å². The Balaban J connectivity index is 1.01. The monoisotopic (exact) mass is 714 g/mol. The Morgan fingerprint density at radius 2 is 1.08 bits per heavy atom. The number of benzene rings is 6. The molecule has 5 nitrogen and oxygen atoms in total. The highest BCUT2D eigenvalue weighted by Gasteiger charge is 2.46. The molecular formula is C44H24B2N2O3S2. The summed E-state index contributed by atoms with van der Waals surface area (Å²) in [5.74, 6) is 3.21. The summed E-state index contributed by atoms with van der Waals surface area (Å²) in [5.41, 5.74) is 12.5. The van der Waals surface area contributed by atoms with Crippen LogP contribution in [0.5, 0.6) is 23.2 Å². The SMILES string of the molecule is c1ccc(N2c3ccsc3B3c4cc5cc6c7c(oc6cc5cc4Oc4cccc2c43)Oc2cccc3c2B7c2sccc2N3c2ccccc2)cc1. The maximum absolute atomic E-state index is 6.80. The number of fused-ring (bicyclic) bond motifs is 11. The molecule has 0 unspecified atom stereocenters. The fourth-order valence-electron chi connectivity index (χ4n) is 9.21. The van der Waals surface area contributed by atoms with Crippen LogP contribution in [0.4, 0.5) is 34.1 Å². The van der Waals surface area contributed by atoms with E-state index in [1.54, 1.807) is 11.3 Å². The lowest BCUT2D eigenvalue weighted by molar-refractivity contribution is 0.364. The summed E-state index contributed by atoms with van der Waals surface area (Å²) in [6.45, 7) is 0.0528. The maximum atomic E-state index is 6.80. The van der Waals surface area contributed by atoms with Crippen LogP contribution < -0.4 is 50.7 Å². The van der Waals surface area contributed by atoms with E-state index in [1.807, 2.05) is 11.3 Å². The van der Waals surface area contributed by atoms with Gasteiger partial charge in [-0.2, -0.15) is 22.7 Å². The van der Waals surface area contributed by atoms with Crippen molar-refractivity contribution < 1.29 is 13.9 Å². The van der Waals surface area contributed by atoms with Crippen LogP contribution in [0.25, 0.3) is 21.7 Å². The van der Waals surface area contributed by atoms with Gasteiger partial charge in [0.15, 0.2) is 0 Å². The van der Waals surface area contributed by atoms with Crippen molar-refractivity contribution in [3.63, 3.8) is 0 Å². The molecular weight excluding hydrogens is 690 g/mol. The Kier molecular flexibility index (Phi) is 5.50. The van der Waals surface area contributed by atoms with Gasteiger partial charge in [0.1, 0.15) is 22.8 Å². The number of rotatable bonds is 2. The fourth-order valence-corrected chi connectivity index (χ4v) is 11.2. The molecule has 246 valence electrons. The largest absolute Gasteiger partial charge is 0.458 e. The highest BCUT2D eigenvalue weighted by Crippen LogP contribution is 2.45. The van der Waals surface area contributed by atoms with Crippen LogP contribution in [-0.4, -0.2) is 13.4 Å². The second-order valence-corrected chi connectivity index (χ2v) is 15.9. The molecule has 13 rings (SSSR count). The van der Waals surface area contributed by atoms with Gasteiger partial charge < -0.3 is 23.7 Å². The molecule has 0 saturated heterocycles. The van der Waals surface area contributed by atoms with Crippen molar-refractivity contribution in [3.8, 4) is 23.2 Å². The lowest BCUT2D eigenvalue weighted by Gasteiger charge is -2.38. The minimum Gasteiger partial charge on any atom is -0.458 e. The highest BCUT2D eigenvalue weighted by molar-refractivity contribution is 7.28. The summed E-state index contributed by atoms with van der Waals surface area (Å²) in [4.78, 5) is 4.75.